The minimum absolute atomic E-state index is 0.156. The summed E-state index contributed by atoms with van der Waals surface area (Å²) in [6.45, 7) is 5.33. The third-order valence-corrected chi connectivity index (χ3v) is 7.27. The van der Waals surface area contributed by atoms with Crippen molar-refractivity contribution in [2.24, 2.45) is 0 Å². The molecule has 0 fully saturated rings. The number of aromatic carboxylic acids is 1. The number of carboxylic acid groups (broad SMARTS) is 1. The van der Waals surface area contributed by atoms with Gasteiger partial charge in [-0.3, -0.25) is 0 Å². The molecule has 0 aliphatic rings. The lowest BCUT2D eigenvalue weighted by Gasteiger charge is -2.29. The van der Waals surface area contributed by atoms with Crippen LogP contribution < -0.4 is 5.32 Å². The molecular weight excluding hydrogens is 480 g/mol. The van der Waals surface area contributed by atoms with Gasteiger partial charge in [-0.2, -0.15) is 0 Å². The molecular formula is C31H34N2O3S. The molecule has 4 aromatic rings. The molecule has 0 heterocycles. The molecule has 0 saturated heterocycles. The number of nitrogens with zero attached hydrogens (tertiary/aromatic N) is 1. The van der Waals surface area contributed by atoms with Crippen molar-refractivity contribution in [1.82, 2.24) is 9.62 Å². The van der Waals surface area contributed by atoms with Crippen LogP contribution >= 0.6 is 11.9 Å². The fourth-order valence-corrected chi connectivity index (χ4v) is 5.38. The first-order chi connectivity index (χ1) is 17.7. The summed E-state index contributed by atoms with van der Waals surface area (Å²) in [5.41, 5.74) is 2.97. The Labute approximate surface area is 223 Å². The smallest absolute Gasteiger partial charge is 0.336 e. The van der Waals surface area contributed by atoms with E-state index < -0.39 is 12.1 Å². The maximum atomic E-state index is 11.5. The van der Waals surface area contributed by atoms with Crippen molar-refractivity contribution in [3.05, 3.63) is 102 Å². The summed E-state index contributed by atoms with van der Waals surface area (Å²) in [4.78, 5) is 12.5. The van der Waals surface area contributed by atoms with Gasteiger partial charge in [-0.25, -0.2) is 9.10 Å². The molecule has 192 valence electrons. The average molecular weight is 515 g/mol. The molecule has 0 aromatic heterocycles. The molecule has 37 heavy (non-hydrogen) atoms. The molecule has 0 aliphatic carbocycles. The van der Waals surface area contributed by atoms with Gasteiger partial charge in [0.1, 0.15) is 0 Å². The first-order valence-electron chi connectivity index (χ1n) is 12.4. The molecule has 0 amide bonds. The third-order valence-electron chi connectivity index (χ3n) is 6.33. The van der Waals surface area contributed by atoms with E-state index in [1.807, 2.05) is 47.8 Å². The number of rotatable bonds is 11. The molecule has 1 atom stereocenters. The number of hydrogen-bond donors (Lipinski definition) is 3. The van der Waals surface area contributed by atoms with Crippen LogP contribution in [0.4, 0.5) is 0 Å². The Morgan fingerprint density at radius 2 is 1.62 bits per heavy atom. The average Bonchev–Trinajstić information content (AvgIpc) is 2.87. The van der Waals surface area contributed by atoms with Crippen molar-refractivity contribution < 1.29 is 15.0 Å². The van der Waals surface area contributed by atoms with Crippen LogP contribution in [0.1, 0.15) is 29.8 Å². The van der Waals surface area contributed by atoms with E-state index in [0.717, 1.165) is 16.9 Å². The van der Waals surface area contributed by atoms with Gasteiger partial charge in [-0.1, -0.05) is 72.8 Å². The van der Waals surface area contributed by atoms with E-state index >= 15 is 0 Å². The van der Waals surface area contributed by atoms with Crippen LogP contribution in [0.5, 0.6) is 0 Å². The van der Waals surface area contributed by atoms with Crippen LogP contribution in [0.2, 0.25) is 0 Å². The molecule has 5 nitrogen and oxygen atoms in total. The number of aliphatic hydroxyl groups excluding tert-OH is 1. The van der Waals surface area contributed by atoms with E-state index in [1.54, 1.807) is 24.1 Å². The molecule has 0 saturated carbocycles. The predicted octanol–water partition coefficient (Wildman–Crippen LogP) is 6.12. The Kier molecular flexibility index (Phi) is 8.67. The van der Waals surface area contributed by atoms with Gasteiger partial charge in [0.25, 0.3) is 0 Å². The predicted molar refractivity (Wildman–Crippen MR) is 153 cm³/mol. The summed E-state index contributed by atoms with van der Waals surface area (Å²) < 4.78 is 2.02. The largest absolute Gasteiger partial charge is 0.478 e. The quantitative estimate of drug-likeness (QED) is 0.210. The summed E-state index contributed by atoms with van der Waals surface area (Å²) in [5, 5.41) is 26.1. The Hall–Kier alpha value is -3.16. The number of carboxylic acids is 1. The van der Waals surface area contributed by atoms with E-state index in [2.05, 4.69) is 61.6 Å². The normalized spacial score (nSPS) is 12.7. The lowest BCUT2D eigenvalue weighted by atomic mass is 9.93. The Balaban J connectivity index is 1.27. The van der Waals surface area contributed by atoms with Gasteiger partial charge in [-0.15, -0.1) is 0 Å². The van der Waals surface area contributed by atoms with Gasteiger partial charge < -0.3 is 15.5 Å². The second kappa shape index (κ2) is 11.9. The Morgan fingerprint density at radius 3 is 2.35 bits per heavy atom. The van der Waals surface area contributed by atoms with Crippen LogP contribution in [-0.4, -0.2) is 52.3 Å². The number of nitrogens with one attached hydrogen (secondary N) is 1. The fourth-order valence-electron chi connectivity index (χ4n) is 4.51. The first-order valence-corrected chi connectivity index (χ1v) is 13.2. The standard InChI is InChI=1S/C31H34N2O3S/c1-31(2,19-22-12-13-23-8-4-5-9-25(23)18-22)32-20-26(34)21-33(3)37-27-16-14-24(15-17-27)28-10-6-7-11-29(28)30(35)36/h4-18,26,32,34H,19-21H2,1-3H3,(H,35,36)/t26-/m1/s1. The second-order valence-corrected chi connectivity index (χ2v) is 11.3. The molecule has 3 N–H and O–H groups in total. The van der Waals surface area contributed by atoms with Crippen molar-refractivity contribution in [1.29, 1.82) is 0 Å². The van der Waals surface area contributed by atoms with Gasteiger partial charge in [0.2, 0.25) is 0 Å². The van der Waals surface area contributed by atoms with Crippen LogP contribution in [0.15, 0.2) is 95.9 Å². The highest BCUT2D eigenvalue weighted by Gasteiger charge is 2.20. The van der Waals surface area contributed by atoms with Crippen molar-refractivity contribution in [2.45, 2.75) is 36.8 Å². The highest BCUT2D eigenvalue weighted by molar-refractivity contribution is 7.97. The number of hydrogen-bond acceptors (Lipinski definition) is 5. The van der Waals surface area contributed by atoms with Crippen LogP contribution in [-0.2, 0) is 6.42 Å². The van der Waals surface area contributed by atoms with Gasteiger partial charge >= 0.3 is 5.97 Å². The van der Waals surface area contributed by atoms with Gasteiger partial charge in [0.05, 0.1) is 11.7 Å². The Bertz CT molecular complexity index is 1350. The summed E-state index contributed by atoms with van der Waals surface area (Å²) in [7, 11) is 1.96. The van der Waals surface area contributed by atoms with Gasteiger partial charge in [0, 0.05) is 23.5 Å². The molecule has 6 heteroatoms. The monoisotopic (exact) mass is 514 g/mol. The number of aliphatic hydroxyl groups is 1. The van der Waals surface area contributed by atoms with Crippen LogP contribution in [0, 0.1) is 0 Å². The van der Waals surface area contributed by atoms with Gasteiger partial charge in [-0.05, 0) is 84.9 Å². The zero-order valence-electron chi connectivity index (χ0n) is 21.5. The molecule has 0 radical (unpaired) electrons. The fraction of sp³-hybridized carbons (Fsp3) is 0.258. The lowest BCUT2D eigenvalue weighted by molar-refractivity contribution is 0.0697. The van der Waals surface area contributed by atoms with E-state index in [4.69, 9.17) is 0 Å². The molecule has 4 rings (SSSR count). The third kappa shape index (κ3) is 7.43. The summed E-state index contributed by atoms with van der Waals surface area (Å²) in [6.07, 6.45) is 0.349. The Morgan fingerprint density at radius 1 is 0.946 bits per heavy atom. The molecule has 0 unspecified atom stereocenters. The van der Waals surface area contributed by atoms with Crippen LogP contribution in [0.25, 0.3) is 21.9 Å². The molecule has 0 spiro atoms. The number of carbonyl (C=O) groups is 1. The van der Waals surface area contributed by atoms with E-state index in [-0.39, 0.29) is 5.54 Å². The van der Waals surface area contributed by atoms with E-state index in [9.17, 15) is 15.0 Å². The first kappa shape index (κ1) is 26.9. The number of benzene rings is 4. The number of fused-ring (bicyclic) bond motifs is 1. The summed E-state index contributed by atoms with van der Waals surface area (Å²) >= 11 is 1.55. The number of β-amino-alcohol motifs (C(OH)–C–C–N with tert-alkyl or cyclic N) is 1. The van der Waals surface area contributed by atoms with Crippen molar-refractivity contribution in [3.8, 4) is 11.1 Å². The zero-order chi connectivity index (χ0) is 26.4. The van der Waals surface area contributed by atoms with Crippen LogP contribution in [0.3, 0.4) is 0 Å². The SMILES string of the molecule is CN(C[C@H](O)CNC(C)(C)Cc1ccc2ccccc2c1)Sc1ccc(-c2ccccc2C(=O)O)cc1. The maximum Gasteiger partial charge on any atom is 0.336 e. The van der Waals surface area contributed by atoms with Gasteiger partial charge in [0.15, 0.2) is 0 Å². The zero-order valence-corrected chi connectivity index (χ0v) is 22.3. The number of likely N-dealkylation sites (N-methyl/N-ethyl adjacent to an activating group) is 1. The van der Waals surface area contributed by atoms with Crippen molar-refractivity contribution >= 4 is 28.7 Å². The minimum Gasteiger partial charge on any atom is -0.478 e. The summed E-state index contributed by atoms with van der Waals surface area (Å²) in [6, 6.07) is 29.8. The topological polar surface area (TPSA) is 72.8 Å². The molecule has 0 bridgehead atoms. The molecule has 4 aromatic carbocycles. The summed E-state index contributed by atoms with van der Waals surface area (Å²) in [5.74, 6) is -0.933. The molecule has 0 aliphatic heterocycles. The van der Waals surface area contributed by atoms with E-state index in [0.29, 0.717) is 24.2 Å². The maximum absolute atomic E-state index is 11.5. The second-order valence-electron chi connectivity index (χ2n) is 10.1. The minimum atomic E-state index is -0.933. The van der Waals surface area contributed by atoms with Crippen molar-refractivity contribution in [2.75, 3.05) is 20.1 Å². The highest BCUT2D eigenvalue weighted by atomic mass is 32.2. The van der Waals surface area contributed by atoms with Crippen molar-refractivity contribution in [3.63, 3.8) is 0 Å². The highest BCUT2D eigenvalue weighted by Crippen LogP contribution is 2.28. The lowest BCUT2D eigenvalue weighted by Crippen LogP contribution is -2.46. The van der Waals surface area contributed by atoms with E-state index in [1.165, 1.54) is 16.3 Å².